The van der Waals surface area contributed by atoms with Crippen LogP contribution in [0.25, 0.3) is 0 Å². The summed E-state index contributed by atoms with van der Waals surface area (Å²) < 4.78 is 0. The van der Waals surface area contributed by atoms with E-state index in [2.05, 4.69) is 0 Å². The van der Waals surface area contributed by atoms with E-state index in [1.807, 2.05) is 0 Å². The molecule has 0 saturated heterocycles. The fraction of sp³-hybridized carbons (Fsp3) is 0.667. The third kappa shape index (κ3) is 2.16. The molecule has 32 heavy (non-hydrogen) atoms. The van der Waals surface area contributed by atoms with Crippen LogP contribution in [0.2, 0.25) is 0 Å². The second kappa shape index (κ2) is 6.58. The van der Waals surface area contributed by atoms with Gasteiger partial charge in [-0.15, -0.1) is 0 Å². The Balaban J connectivity index is 1.50. The third-order valence-corrected chi connectivity index (χ3v) is 15.2. The summed E-state index contributed by atoms with van der Waals surface area (Å²) in [6, 6.07) is 0. The first-order chi connectivity index (χ1) is 15.0. The fourth-order valence-electron chi connectivity index (χ4n) is 9.88. The minimum absolute atomic E-state index is 0.242. The van der Waals surface area contributed by atoms with E-state index in [0.29, 0.717) is 43.8 Å². The number of allylic oxidation sites excluding steroid dienone is 8. The van der Waals surface area contributed by atoms with Crippen LogP contribution in [0.3, 0.4) is 0 Å². The molecule has 6 aliphatic rings. The highest BCUT2D eigenvalue weighted by Crippen LogP contribution is 2.85. The van der Waals surface area contributed by atoms with Gasteiger partial charge in [-0.1, -0.05) is 92.8 Å². The average molecular weight is 592 g/mol. The van der Waals surface area contributed by atoms with Crippen LogP contribution in [-0.2, 0) is 0 Å². The van der Waals surface area contributed by atoms with Crippen molar-refractivity contribution >= 4 is 92.8 Å². The Labute approximate surface area is 228 Å². The number of halogens is 8. The van der Waals surface area contributed by atoms with E-state index in [4.69, 9.17) is 92.8 Å². The summed E-state index contributed by atoms with van der Waals surface area (Å²) in [6.45, 7) is 0. The van der Waals surface area contributed by atoms with Crippen molar-refractivity contribution < 1.29 is 0 Å². The topological polar surface area (TPSA) is 0 Å². The molecular formula is C24H20Cl8. The molecule has 0 nitrogen and oxygen atoms in total. The molecule has 0 amide bonds. The van der Waals surface area contributed by atoms with Crippen LogP contribution in [0.1, 0.15) is 51.4 Å². The van der Waals surface area contributed by atoms with Crippen molar-refractivity contribution in [3.05, 3.63) is 40.3 Å². The summed E-state index contributed by atoms with van der Waals surface area (Å²) in [6.07, 6.45) is 7.68. The largest absolute Gasteiger partial charge is 0.0868 e. The average Bonchev–Trinajstić information content (AvgIpc) is 3.47. The summed E-state index contributed by atoms with van der Waals surface area (Å²) in [7, 11) is 0. The van der Waals surface area contributed by atoms with E-state index >= 15 is 0 Å². The van der Waals surface area contributed by atoms with Crippen molar-refractivity contribution in [2.75, 3.05) is 0 Å². The molecule has 4 fully saturated rings. The van der Waals surface area contributed by atoms with Gasteiger partial charge in [0.05, 0.1) is 20.1 Å². The van der Waals surface area contributed by atoms with Crippen molar-refractivity contribution in [3.8, 4) is 0 Å². The standard InChI is InChI=1S/C24H20Cl8/c25-13-14(26)18(30)22-5-11-7-24(8-12(11)6-22)20(32)16(28)15(27)19(31)23(24)2-9-1-21(22,17(13)29)3-10(9)4-23/h9-12H,1-8H2. The van der Waals surface area contributed by atoms with Crippen molar-refractivity contribution in [1.29, 1.82) is 0 Å². The number of fused-ring (bicyclic) bond motifs is 4. The van der Waals surface area contributed by atoms with Gasteiger partial charge < -0.3 is 0 Å². The zero-order valence-corrected chi connectivity index (χ0v) is 23.0. The van der Waals surface area contributed by atoms with Crippen LogP contribution in [0, 0.1) is 45.3 Å². The Hall–Kier alpha value is 1.28. The maximum Gasteiger partial charge on any atom is 0.0755 e. The summed E-state index contributed by atoms with van der Waals surface area (Å²) >= 11 is 55.3. The lowest BCUT2D eigenvalue weighted by Gasteiger charge is -2.56. The molecule has 0 aromatic carbocycles. The first kappa shape index (κ1) is 22.5. The molecule has 172 valence electrons. The van der Waals surface area contributed by atoms with Crippen LogP contribution in [0.5, 0.6) is 0 Å². The van der Waals surface area contributed by atoms with E-state index in [9.17, 15) is 0 Å². The number of hydrogen-bond acceptors (Lipinski definition) is 0. The number of hydrogen-bond donors (Lipinski definition) is 0. The lowest BCUT2D eigenvalue weighted by molar-refractivity contribution is 0.0422. The molecule has 0 bridgehead atoms. The molecule has 0 radical (unpaired) electrons. The van der Waals surface area contributed by atoms with Gasteiger partial charge in [0.15, 0.2) is 0 Å². The van der Waals surface area contributed by atoms with E-state index in [0.717, 1.165) is 71.5 Å². The van der Waals surface area contributed by atoms with Gasteiger partial charge in [-0.3, -0.25) is 0 Å². The van der Waals surface area contributed by atoms with Gasteiger partial charge in [0.1, 0.15) is 0 Å². The molecule has 0 heterocycles. The summed E-state index contributed by atoms with van der Waals surface area (Å²) in [4.78, 5) is 0. The molecule has 0 aromatic rings. The second-order valence-corrected chi connectivity index (χ2v) is 14.5. The molecular weight excluding hydrogens is 572 g/mol. The Bertz CT molecular complexity index is 923. The van der Waals surface area contributed by atoms with Crippen LogP contribution >= 0.6 is 92.8 Å². The minimum Gasteiger partial charge on any atom is -0.0868 e. The number of rotatable bonds is 0. The van der Waals surface area contributed by atoms with Crippen LogP contribution in [0.15, 0.2) is 40.3 Å². The van der Waals surface area contributed by atoms with Crippen molar-refractivity contribution in [3.63, 3.8) is 0 Å². The molecule has 0 aromatic heterocycles. The summed E-state index contributed by atoms with van der Waals surface area (Å²) in [5.74, 6) is 1.83. The highest BCUT2D eigenvalue weighted by atomic mass is 35.5. The highest BCUT2D eigenvalue weighted by Gasteiger charge is 2.76. The molecule has 4 spiro atoms. The highest BCUT2D eigenvalue weighted by molar-refractivity contribution is 6.52. The van der Waals surface area contributed by atoms with Crippen molar-refractivity contribution in [1.82, 2.24) is 0 Å². The van der Waals surface area contributed by atoms with E-state index < -0.39 is 0 Å². The van der Waals surface area contributed by atoms with E-state index in [-0.39, 0.29) is 21.7 Å². The molecule has 0 N–H and O–H groups in total. The molecule has 6 rings (SSSR count). The van der Waals surface area contributed by atoms with Crippen LogP contribution in [0.4, 0.5) is 0 Å². The molecule has 4 saturated carbocycles. The molecule has 0 unspecified atom stereocenters. The summed E-state index contributed by atoms with van der Waals surface area (Å²) in [5, 5.41) is 4.69. The first-order valence-corrected chi connectivity index (χ1v) is 14.3. The first-order valence-electron chi connectivity index (χ1n) is 11.3. The lowest BCUT2D eigenvalue weighted by Crippen LogP contribution is -2.48. The van der Waals surface area contributed by atoms with Gasteiger partial charge >= 0.3 is 0 Å². The summed E-state index contributed by atoms with van der Waals surface area (Å²) in [5.41, 5.74) is -0.967. The molecule has 8 heteroatoms. The van der Waals surface area contributed by atoms with Gasteiger partial charge in [-0.05, 0) is 75.0 Å². The smallest absolute Gasteiger partial charge is 0.0755 e. The van der Waals surface area contributed by atoms with Crippen molar-refractivity contribution in [2.45, 2.75) is 51.4 Å². The zero-order chi connectivity index (χ0) is 22.6. The maximum atomic E-state index is 7.13. The normalized spacial score (nSPS) is 53.2. The van der Waals surface area contributed by atoms with Gasteiger partial charge in [0, 0.05) is 41.8 Å². The Morgan fingerprint density at radius 2 is 0.500 bits per heavy atom. The Morgan fingerprint density at radius 3 is 0.656 bits per heavy atom. The Morgan fingerprint density at radius 1 is 0.344 bits per heavy atom. The molecule has 0 aliphatic heterocycles. The zero-order valence-electron chi connectivity index (χ0n) is 17.0. The SMILES string of the molecule is ClC1=C(Cl)C23CC4CC5(CC4C2)C(Cl)=C(Cl)C(Cl)=C(Cl)C52CC4CC3(CC4C2)C(Cl)=C1Cl. The predicted octanol–water partition coefficient (Wildman–Crippen LogP) is 10.4. The lowest BCUT2D eigenvalue weighted by atomic mass is 9.51. The van der Waals surface area contributed by atoms with Gasteiger partial charge in [-0.2, -0.15) is 0 Å². The van der Waals surface area contributed by atoms with Gasteiger partial charge in [-0.25, -0.2) is 0 Å². The Kier molecular flexibility index (Phi) is 4.62. The minimum atomic E-state index is -0.242. The van der Waals surface area contributed by atoms with Crippen LogP contribution in [-0.4, -0.2) is 0 Å². The maximum absolute atomic E-state index is 7.13. The molecule has 0 atom stereocenters. The quantitative estimate of drug-likeness (QED) is 0.263. The van der Waals surface area contributed by atoms with Gasteiger partial charge in [0.2, 0.25) is 0 Å². The predicted molar refractivity (Wildman–Crippen MR) is 136 cm³/mol. The monoisotopic (exact) mass is 588 g/mol. The van der Waals surface area contributed by atoms with E-state index in [1.54, 1.807) is 0 Å². The fourth-order valence-corrected chi connectivity index (χ4v) is 12.9. The van der Waals surface area contributed by atoms with Crippen molar-refractivity contribution in [2.24, 2.45) is 45.3 Å². The molecule has 6 aliphatic carbocycles. The second-order valence-electron chi connectivity index (χ2n) is 11.5. The van der Waals surface area contributed by atoms with Crippen LogP contribution < -0.4 is 0 Å². The van der Waals surface area contributed by atoms with E-state index in [1.165, 1.54) is 0 Å². The van der Waals surface area contributed by atoms with Gasteiger partial charge in [0.25, 0.3) is 0 Å². The third-order valence-electron chi connectivity index (χ3n) is 10.9.